The third-order valence-electron chi connectivity index (χ3n) is 4.35. The van der Waals surface area contributed by atoms with Crippen LogP contribution in [-0.2, 0) is 26.9 Å². The number of carbonyl (C=O) groups excluding carboxylic acids is 2. The van der Waals surface area contributed by atoms with Gasteiger partial charge in [-0.2, -0.15) is 13.2 Å². The average molecular weight is 357 g/mol. The minimum absolute atomic E-state index is 0.0975. The molecule has 0 aliphatic carbocycles. The molecule has 0 atom stereocenters. The number of piperidine rings is 1. The van der Waals surface area contributed by atoms with Gasteiger partial charge >= 0.3 is 12.1 Å². The Bertz CT molecular complexity index is 608. The third kappa shape index (κ3) is 5.47. The Hall–Kier alpha value is -2.05. The summed E-state index contributed by atoms with van der Waals surface area (Å²) < 4.78 is 43.1. The van der Waals surface area contributed by atoms with Crippen LogP contribution in [0.4, 0.5) is 13.2 Å². The quantitative estimate of drug-likeness (QED) is 0.759. The van der Waals surface area contributed by atoms with Crippen LogP contribution >= 0.6 is 0 Å². The molecular weight excluding hydrogens is 335 g/mol. The van der Waals surface area contributed by atoms with Crippen LogP contribution in [0.25, 0.3) is 0 Å². The van der Waals surface area contributed by atoms with E-state index in [1.165, 1.54) is 6.07 Å². The molecule has 2 rings (SSSR count). The van der Waals surface area contributed by atoms with Crippen molar-refractivity contribution in [2.24, 2.45) is 5.92 Å². The molecule has 7 heteroatoms. The summed E-state index contributed by atoms with van der Waals surface area (Å²) in [5, 5.41) is 0. The Kier molecular flexibility index (Phi) is 6.45. The standard InChI is InChI=1S/C18H22F3NO3/c1-2-25-17(24)14-8-10-22(11-9-14)16(23)7-6-13-4-3-5-15(12-13)18(19,20)21/h3-5,12,14H,2,6-11H2,1H3. The smallest absolute Gasteiger partial charge is 0.416 e. The zero-order valence-corrected chi connectivity index (χ0v) is 14.1. The van der Waals surface area contributed by atoms with Gasteiger partial charge in [0.25, 0.3) is 0 Å². The van der Waals surface area contributed by atoms with Gasteiger partial charge in [-0.05, 0) is 37.8 Å². The van der Waals surface area contributed by atoms with Crippen molar-refractivity contribution >= 4 is 11.9 Å². The maximum atomic E-state index is 12.7. The van der Waals surface area contributed by atoms with Crippen molar-refractivity contribution in [2.75, 3.05) is 19.7 Å². The van der Waals surface area contributed by atoms with Crippen LogP contribution in [-0.4, -0.2) is 36.5 Å². The van der Waals surface area contributed by atoms with Gasteiger partial charge in [0, 0.05) is 19.5 Å². The number of likely N-dealkylation sites (tertiary alicyclic amines) is 1. The van der Waals surface area contributed by atoms with E-state index in [9.17, 15) is 22.8 Å². The fourth-order valence-electron chi connectivity index (χ4n) is 2.94. The summed E-state index contributed by atoms with van der Waals surface area (Å²) in [4.78, 5) is 25.6. The van der Waals surface area contributed by atoms with Gasteiger partial charge in [-0.3, -0.25) is 9.59 Å². The lowest BCUT2D eigenvalue weighted by Crippen LogP contribution is -2.40. The van der Waals surface area contributed by atoms with E-state index >= 15 is 0 Å². The molecule has 1 saturated heterocycles. The highest BCUT2D eigenvalue weighted by molar-refractivity contribution is 5.77. The van der Waals surface area contributed by atoms with Gasteiger partial charge in [0.05, 0.1) is 18.1 Å². The van der Waals surface area contributed by atoms with E-state index < -0.39 is 11.7 Å². The molecule has 0 aromatic heterocycles. The Morgan fingerprint density at radius 1 is 1.24 bits per heavy atom. The van der Waals surface area contributed by atoms with Crippen LogP contribution in [0.1, 0.15) is 37.3 Å². The first-order chi connectivity index (χ1) is 11.8. The zero-order valence-electron chi connectivity index (χ0n) is 14.1. The van der Waals surface area contributed by atoms with Crippen LogP contribution in [0, 0.1) is 5.92 Å². The second-order valence-electron chi connectivity index (χ2n) is 6.11. The largest absolute Gasteiger partial charge is 0.466 e. The predicted molar refractivity (Wildman–Crippen MR) is 85.7 cm³/mol. The van der Waals surface area contributed by atoms with Crippen molar-refractivity contribution in [3.8, 4) is 0 Å². The highest BCUT2D eigenvalue weighted by Crippen LogP contribution is 2.29. The first kappa shape index (κ1) is 19.3. The maximum absolute atomic E-state index is 12.7. The van der Waals surface area contributed by atoms with E-state index in [0.29, 0.717) is 38.1 Å². The van der Waals surface area contributed by atoms with Crippen LogP contribution in [0.5, 0.6) is 0 Å². The van der Waals surface area contributed by atoms with Gasteiger partial charge in [0.2, 0.25) is 5.91 Å². The normalized spacial score (nSPS) is 15.9. The molecule has 4 nitrogen and oxygen atoms in total. The maximum Gasteiger partial charge on any atom is 0.416 e. The molecule has 0 radical (unpaired) electrons. The fraction of sp³-hybridized carbons (Fsp3) is 0.556. The second kappa shape index (κ2) is 8.36. The first-order valence-corrected chi connectivity index (χ1v) is 8.41. The van der Waals surface area contributed by atoms with Gasteiger partial charge < -0.3 is 9.64 Å². The number of rotatable bonds is 5. The third-order valence-corrected chi connectivity index (χ3v) is 4.35. The van der Waals surface area contributed by atoms with Crippen LogP contribution in [0.3, 0.4) is 0 Å². The number of ether oxygens (including phenoxy) is 1. The summed E-state index contributed by atoms with van der Waals surface area (Å²) in [6.45, 7) is 3.05. The number of alkyl halides is 3. The van der Waals surface area contributed by atoms with E-state index in [2.05, 4.69) is 0 Å². The summed E-state index contributed by atoms with van der Waals surface area (Å²) >= 11 is 0. The van der Waals surface area contributed by atoms with Crippen molar-refractivity contribution in [1.82, 2.24) is 4.90 Å². The van der Waals surface area contributed by atoms with Crippen molar-refractivity contribution in [3.63, 3.8) is 0 Å². The van der Waals surface area contributed by atoms with E-state index in [1.54, 1.807) is 17.9 Å². The van der Waals surface area contributed by atoms with E-state index in [-0.39, 0.29) is 30.6 Å². The van der Waals surface area contributed by atoms with Crippen LogP contribution in [0.15, 0.2) is 24.3 Å². The van der Waals surface area contributed by atoms with Crippen molar-refractivity contribution < 1.29 is 27.5 Å². The minimum Gasteiger partial charge on any atom is -0.466 e. The lowest BCUT2D eigenvalue weighted by Gasteiger charge is -2.31. The molecule has 1 aromatic rings. The summed E-state index contributed by atoms with van der Waals surface area (Å²) in [5.74, 6) is -0.495. The summed E-state index contributed by atoms with van der Waals surface area (Å²) in [5.41, 5.74) is -0.211. The number of esters is 1. The summed E-state index contributed by atoms with van der Waals surface area (Å²) in [6, 6.07) is 5.05. The number of benzene rings is 1. The Morgan fingerprint density at radius 3 is 2.52 bits per heavy atom. The minimum atomic E-state index is -4.38. The Labute approximate surface area is 144 Å². The zero-order chi connectivity index (χ0) is 18.4. The molecule has 0 bridgehead atoms. The summed E-state index contributed by atoms with van der Waals surface area (Å²) in [7, 11) is 0. The Balaban J connectivity index is 1.83. The molecule has 0 spiro atoms. The highest BCUT2D eigenvalue weighted by Gasteiger charge is 2.31. The average Bonchev–Trinajstić information content (AvgIpc) is 2.59. The molecule has 0 unspecified atom stereocenters. The molecule has 0 N–H and O–H groups in total. The molecule has 1 amide bonds. The lowest BCUT2D eigenvalue weighted by molar-refractivity contribution is -0.151. The van der Waals surface area contributed by atoms with Gasteiger partial charge in [0.15, 0.2) is 0 Å². The van der Waals surface area contributed by atoms with E-state index in [4.69, 9.17) is 4.74 Å². The molecular formula is C18H22F3NO3. The molecule has 1 aliphatic rings. The molecule has 0 saturated carbocycles. The monoisotopic (exact) mass is 357 g/mol. The number of amides is 1. The van der Waals surface area contributed by atoms with Crippen LogP contribution in [0.2, 0.25) is 0 Å². The first-order valence-electron chi connectivity index (χ1n) is 8.41. The molecule has 1 aliphatic heterocycles. The Morgan fingerprint density at radius 2 is 1.92 bits per heavy atom. The van der Waals surface area contributed by atoms with Crippen molar-refractivity contribution in [2.45, 2.75) is 38.8 Å². The summed E-state index contributed by atoms with van der Waals surface area (Å²) in [6.07, 6.45) is -2.83. The number of carbonyl (C=O) groups is 2. The second-order valence-corrected chi connectivity index (χ2v) is 6.11. The van der Waals surface area contributed by atoms with Gasteiger partial charge in [-0.15, -0.1) is 0 Å². The molecule has 1 aromatic carbocycles. The predicted octanol–water partition coefficient (Wildman–Crippen LogP) is 3.44. The number of hydrogen-bond acceptors (Lipinski definition) is 3. The van der Waals surface area contributed by atoms with Gasteiger partial charge in [-0.1, -0.05) is 18.2 Å². The topological polar surface area (TPSA) is 46.6 Å². The number of nitrogens with zero attached hydrogens (tertiary/aromatic N) is 1. The molecule has 25 heavy (non-hydrogen) atoms. The van der Waals surface area contributed by atoms with E-state index in [1.807, 2.05) is 0 Å². The highest BCUT2D eigenvalue weighted by atomic mass is 19.4. The van der Waals surface area contributed by atoms with Gasteiger partial charge in [-0.25, -0.2) is 0 Å². The number of hydrogen-bond donors (Lipinski definition) is 0. The van der Waals surface area contributed by atoms with Gasteiger partial charge in [0.1, 0.15) is 0 Å². The fourth-order valence-corrected chi connectivity index (χ4v) is 2.94. The number of aryl methyl sites for hydroxylation is 1. The van der Waals surface area contributed by atoms with Crippen LogP contribution < -0.4 is 0 Å². The molecule has 138 valence electrons. The van der Waals surface area contributed by atoms with E-state index in [0.717, 1.165) is 12.1 Å². The lowest BCUT2D eigenvalue weighted by atomic mass is 9.96. The molecule has 1 fully saturated rings. The van der Waals surface area contributed by atoms with Crippen molar-refractivity contribution in [3.05, 3.63) is 35.4 Å². The number of halogens is 3. The SMILES string of the molecule is CCOC(=O)C1CCN(C(=O)CCc2cccc(C(F)(F)F)c2)CC1. The van der Waals surface area contributed by atoms with Crippen molar-refractivity contribution in [1.29, 1.82) is 0 Å². The molecule has 1 heterocycles.